The van der Waals surface area contributed by atoms with Crippen LogP contribution in [0, 0.1) is 0 Å². The van der Waals surface area contributed by atoms with Crippen molar-refractivity contribution >= 4 is 10.9 Å². The summed E-state index contributed by atoms with van der Waals surface area (Å²) in [5, 5.41) is 13.9. The summed E-state index contributed by atoms with van der Waals surface area (Å²) in [6, 6.07) is 15.3. The predicted molar refractivity (Wildman–Crippen MR) is 127 cm³/mol. The number of ether oxygens (including phenoxy) is 2. The second kappa shape index (κ2) is 11.8. The van der Waals surface area contributed by atoms with Crippen LogP contribution in [-0.2, 0) is 19.4 Å². The van der Waals surface area contributed by atoms with E-state index in [1.165, 1.54) is 22.0 Å². The van der Waals surface area contributed by atoms with Crippen LogP contribution in [0.25, 0.3) is 10.9 Å². The molecule has 0 saturated heterocycles. The lowest BCUT2D eigenvalue weighted by Gasteiger charge is -2.16. The van der Waals surface area contributed by atoms with Crippen molar-refractivity contribution in [2.24, 2.45) is 0 Å². The fourth-order valence-electron chi connectivity index (χ4n) is 3.86. The lowest BCUT2D eigenvalue weighted by Crippen LogP contribution is -2.31. The van der Waals surface area contributed by atoms with Gasteiger partial charge in [-0.2, -0.15) is 0 Å². The van der Waals surface area contributed by atoms with E-state index in [0.29, 0.717) is 19.3 Å². The molecule has 0 saturated carbocycles. The molecule has 0 unspecified atom stereocenters. The number of nitrogens with zero attached hydrogens (tertiary/aromatic N) is 1. The van der Waals surface area contributed by atoms with E-state index in [9.17, 15) is 0 Å². The van der Waals surface area contributed by atoms with Crippen LogP contribution in [0.1, 0.15) is 38.3 Å². The average molecular weight is 425 g/mol. The monoisotopic (exact) mass is 424 g/mol. The summed E-state index contributed by atoms with van der Waals surface area (Å²) in [7, 11) is 0. The lowest BCUT2D eigenvalue weighted by atomic mass is 10.1. The highest BCUT2D eigenvalue weighted by molar-refractivity contribution is 5.80. The number of hydrogen-bond acceptors (Lipinski definition) is 4. The van der Waals surface area contributed by atoms with Crippen molar-refractivity contribution in [1.82, 2.24) is 9.88 Å². The molecule has 0 aliphatic heterocycles. The number of aromatic nitrogens is 1. The normalized spacial score (nSPS) is 12.3. The molecule has 0 amide bonds. The van der Waals surface area contributed by atoms with E-state index in [4.69, 9.17) is 14.6 Å². The van der Waals surface area contributed by atoms with Crippen molar-refractivity contribution in [2.75, 3.05) is 26.4 Å². The number of rotatable bonds is 13. The number of aliphatic hydroxyl groups is 1. The number of nitrogens with one attached hydrogen (secondary N) is 1. The van der Waals surface area contributed by atoms with Gasteiger partial charge in [0.05, 0.1) is 6.61 Å². The average Bonchev–Trinajstić information content (AvgIpc) is 3.18. The van der Waals surface area contributed by atoms with E-state index in [-0.39, 0.29) is 6.61 Å². The van der Waals surface area contributed by atoms with Gasteiger partial charge in [-0.15, -0.1) is 0 Å². The van der Waals surface area contributed by atoms with Gasteiger partial charge in [0.2, 0.25) is 0 Å². The Bertz CT molecular complexity index is 951. The van der Waals surface area contributed by atoms with Gasteiger partial charge in [-0.25, -0.2) is 0 Å². The minimum Gasteiger partial charge on any atom is -0.490 e. The van der Waals surface area contributed by atoms with Crippen LogP contribution in [-0.4, -0.2) is 42.1 Å². The third-order valence-electron chi connectivity index (χ3n) is 5.50. The van der Waals surface area contributed by atoms with Crippen molar-refractivity contribution < 1.29 is 14.6 Å². The zero-order chi connectivity index (χ0) is 22.1. The number of aryl methyl sites for hydroxylation is 2. The van der Waals surface area contributed by atoms with Gasteiger partial charge in [0.15, 0.2) is 11.5 Å². The Morgan fingerprint density at radius 3 is 2.61 bits per heavy atom. The summed E-state index contributed by atoms with van der Waals surface area (Å²) in [5.74, 6) is 1.64. The third-order valence-corrected chi connectivity index (χ3v) is 5.50. The first-order chi connectivity index (χ1) is 15.1. The highest BCUT2D eigenvalue weighted by atomic mass is 16.5. The molecule has 0 aliphatic rings. The van der Waals surface area contributed by atoms with E-state index >= 15 is 0 Å². The largest absolute Gasteiger partial charge is 0.490 e. The Kier molecular flexibility index (Phi) is 8.80. The second-order valence-electron chi connectivity index (χ2n) is 7.95. The molecule has 1 atom stereocenters. The first-order valence-corrected chi connectivity index (χ1v) is 11.4. The summed E-state index contributed by atoms with van der Waals surface area (Å²) < 4.78 is 13.9. The Morgan fingerprint density at radius 2 is 1.84 bits per heavy atom. The molecular formula is C26H36N2O3. The van der Waals surface area contributed by atoms with Crippen LogP contribution in [0.5, 0.6) is 11.5 Å². The summed E-state index contributed by atoms with van der Waals surface area (Å²) in [6.45, 7) is 9.43. The standard InChI is InChI=1S/C26H36N2O3/c1-4-21-8-10-25(26(19-21)30-5-2)31-16-12-27-20(3)17-22-7-9-24-23(18-22)11-14-28(24)13-6-15-29/h7-11,14,18-20,27,29H,4-6,12-13,15-17H2,1-3H3/t20-/m1/s1. The summed E-state index contributed by atoms with van der Waals surface area (Å²) in [5.41, 5.74) is 3.80. The molecule has 5 nitrogen and oxygen atoms in total. The van der Waals surface area contributed by atoms with E-state index in [0.717, 1.165) is 43.9 Å². The summed E-state index contributed by atoms with van der Waals surface area (Å²) in [6.07, 6.45) is 4.84. The van der Waals surface area contributed by atoms with Gasteiger partial charge in [0, 0.05) is 37.5 Å². The minimum absolute atomic E-state index is 0.224. The molecular weight excluding hydrogens is 388 g/mol. The zero-order valence-electron chi connectivity index (χ0n) is 19.1. The fraction of sp³-hybridized carbons (Fsp3) is 0.462. The van der Waals surface area contributed by atoms with E-state index in [1.807, 2.05) is 13.0 Å². The first-order valence-electron chi connectivity index (χ1n) is 11.4. The van der Waals surface area contributed by atoms with Gasteiger partial charge >= 0.3 is 0 Å². The number of hydrogen-bond donors (Lipinski definition) is 2. The lowest BCUT2D eigenvalue weighted by molar-refractivity contribution is 0.272. The Labute approximate surface area is 186 Å². The van der Waals surface area contributed by atoms with Crippen molar-refractivity contribution in [1.29, 1.82) is 0 Å². The smallest absolute Gasteiger partial charge is 0.161 e. The van der Waals surface area contributed by atoms with Crippen LogP contribution in [0.15, 0.2) is 48.7 Å². The van der Waals surface area contributed by atoms with Crippen LogP contribution >= 0.6 is 0 Å². The van der Waals surface area contributed by atoms with Crippen molar-refractivity contribution in [3.8, 4) is 11.5 Å². The molecule has 3 rings (SSSR count). The Morgan fingerprint density at radius 1 is 1.00 bits per heavy atom. The molecule has 2 aromatic carbocycles. The Hall–Kier alpha value is -2.50. The molecule has 1 heterocycles. The van der Waals surface area contributed by atoms with Gasteiger partial charge in [0.1, 0.15) is 6.61 Å². The Balaban J connectivity index is 1.48. The molecule has 0 bridgehead atoms. The van der Waals surface area contributed by atoms with Crippen LogP contribution in [0.2, 0.25) is 0 Å². The molecule has 2 N–H and O–H groups in total. The molecule has 31 heavy (non-hydrogen) atoms. The molecule has 0 spiro atoms. The molecule has 5 heteroatoms. The van der Waals surface area contributed by atoms with Gasteiger partial charge in [-0.1, -0.05) is 19.1 Å². The van der Waals surface area contributed by atoms with Gasteiger partial charge in [-0.3, -0.25) is 0 Å². The molecule has 168 valence electrons. The molecule has 3 aromatic rings. The molecule has 0 aliphatic carbocycles. The SMILES string of the molecule is CCOc1cc(CC)ccc1OCCN[C@H](C)Cc1ccc2c(ccn2CCCO)c1. The predicted octanol–water partition coefficient (Wildman–Crippen LogP) is 4.58. The van der Waals surface area contributed by atoms with Gasteiger partial charge in [0.25, 0.3) is 0 Å². The molecule has 0 radical (unpaired) electrons. The number of aliphatic hydroxyl groups excluding tert-OH is 1. The van der Waals surface area contributed by atoms with Gasteiger partial charge in [-0.05, 0) is 80.0 Å². The van der Waals surface area contributed by atoms with Crippen molar-refractivity contribution in [3.05, 3.63) is 59.8 Å². The van der Waals surface area contributed by atoms with Crippen LogP contribution < -0.4 is 14.8 Å². The summed E-state index contributed by atoms with van der Waals surface area (Å²) in [4.78, 5) is 0. The van der Waals surface area contributed by atoms with Crippen molar-refractivity contribution in [2.45, 2.75) is 52.6 Å². The first kappa shape index (κ1) is 23.2. The minimum atomic E-state index is 0.224. The maximum absolute atomic E-state index is 9.06. The van der Waals surface area contributed by atoms with Crippen LogP contribution in [0.3, 0.4) is 0 Å². The molecule has 0 fully saturated rings. The maximum atomic E-state index is 9.06. The topological polar surface area (TPSA) is 55.7 Å². The number of benzene rings is 2. The summed E-state index contributed by atoms with van der Waals surface area (Å²) >= 11 is 0. The van der Waals surface area contributed by atoms with E-state index in [2.05, 4.69) is 66.3 Å². The maximum Gasteiger partial charge on any atom is 0.161 e. The van der Waals surface area contributed by atoms with Crippen molar-refractivity contribution in [3.63, 3.8) is 0 Å². The third kappa shape index (κ3) is 6.49. The zero-order valence-corrected chi connectivity index (χ0v) is 19.1. The fourth-order valence-corrected chi connectivity index (χ4v) is 3.86. The molecule has 1 aromatic heterocycles. The second-order valence-corrected chi connectivity index (χ2v) is 7.95. The van der Waals surface area contributed by atoms with E-state index in [1.54, 1.807) is 0 Å². The quantitative estimate of drug-likeness (QED) is 0.394. The number of fused-ring (bicyclic) bond motifs is 1. The van der Waals surface area contributed by atoms with Crippen LogP contribution in [0.4, 0.5) is 0 Å². The van der Waals surface area contributed by atoms with E-state index < -0.39 is 0 Å². The highest BCUT2D eigenvalue weighted by Gasteiger charge is 2.08. The highest BCUT2D eigenvalue weighted by Crippen LogP contribution is 2.28. The van der Waals surface area contributed by atoms with Gasteiger partial charge < -0.3 is 24.5 Å².